The van der Waals surface area contributed by atoms with Gasteiger partial charge >= 0.3 is 0 Å². The predicted molar refractivity (Wildman–Crippen MR) is 138 cm³/mol. The molecular weight excluding hydrogens is 468 g/mol. The molecule has 182 valence electrons. The van der Waals surface area contributed by atoms with Crippen LogP contribution in [0.15, 0.2) is 58.4 Å². The van der Waals surface area contributed by atoms with Crippen molar-refractivity contribution in [3.05, 3.63) is 75.2 Å². The summed E-state index contributed by atoms with van der Waals surface area (Å²) in [4.78, 5) is 30.5. The molecule has 11 heteroatoms. The van der Waals surface area contributed by atoms with Gasteiger partial charge in [0.15, 0.2) is 11.0 Å². The van der Waals surface area contributed by atoms with E-state index in [0.29, 0.717) is 22.5 Å². The average Bonchev–Trinajstić information content (AvgIpc) is 2.82. The minimum Gasteiger partial charge on any atom is -0.399 e. The number of hydrogen-bond donors (Lipinski definition) is 5. The van der Waals surface area contributed by atoms with Gasteiger partial charge in [-0.1, -0.05) is 48.0 Å². The number of rotatable bonds is 8. The van der Waals surface area contributed by atoms with Crippen LogP contribution in [0.2, 0.25) is 5.15 Å². The van der Waals surface area contributed by atoms with Gasteiger partial charge < -0.3 is 27.9 Å². The molecule has 10 nitrogen and oxygen atoms in total. The minimum absolute atomic E-state index is 0.111. The number of carbonyl (C=O) groups excluding carboxylic acids is 1. The minimum atomic E-state index is -0.422. The van der Waals surface area contributed by atoms with Crippen LogP contribution in [0.5, 0.6) is 0 Å². The Morgan fingerprint density at radius 2 is 1.94 bits per heavy atom. The molecule has 2 aromatic carbocycles. The lowest BCUT2D eigenvalue weighted by Gasteiger charge is -2.27. The zero-order valence-electron chi connectivity index (χ0n) is 19.0. The summed E-state index contributed by atoms with van der Waals surface area (Å²) in [6.45, 7) is 0.0164. The Bertz CT molecular complexity index is 1320. The first-order chi connectivity index (χ1) is 16.9. The largest absolute Gasteiger partial charge is 0.399 e. The van der Waals surface area contributed by atoms with E-state index < -0.39 is 5.56 Å². The number of nitrogens with two attached hydrogens (primary N) is 3. The maximum Gasteiger partial charge on any atom is 0.294 e. The summed E-state index contributed by atoms with van der Waals surface area (Å²) < 4.78 is 1.34. The number of amides is 1. The van der Waals surface area contributed by atoms with Crippen molar-refractivity contribution >= 4 is 34.8 Å². The molecule has 0 bridgehead atoms. The summed E-state index contributed by atoms with van der Waals surface area (Å²) in [5, 5.41) is 9.56. The van der Waals surface area contributed by atoms with Crippen molar-refractivity contribution in [3.63, 3.8) is 0 Å². The number of anilines is 2. The molecule has 0 atom stereocenters. The normalized spacial score (nSPS) is 13.8. The molecule has 1 saturated carbocycles. The van der Waals surface area contributed by atoms with E-state index in [1.807, 2.05) is 12.1 Å². The summed E-state index contributed by atoms with van der Waals surface area (Å²) in [7, 11) is 0. The number of hydrogen-bond acceptors (Lipinski definition) is 7. The topological polar surface area (TPSA) is 166 Å². The molecule has 0 aliphatic heterocycles. The number of amidine groups is 1. The second-order valence-corrected chi connectivity index (χ2v) is 8.73. The second kappa shape index (κ2) is 10.5. The van der Waals surface area contributed by atoms with E-state index in [4.69, 9.17) is 28.9 Å². The maximum absolute atomic E-state index is 13.4. The summed E-state index contributed by atoms with van der Waals surface area (Å²) in [5.74, 6) is 5.19. The van der Waals surface area contributed by atoms with Crippen molar-refractivity contribution < 1.29 is 4.79 Å². The predicted octanol–water partition coefficient (Wildman–Crippen LogP) is 2.01. The van der Waals surface area contributed by atoms with Crippen LogP contribution in [-0.4, -0.2) is 27.3 Å². The Balaban J connectivity index is 1.58. The number of nitrogen functional groups attached to an aromatic ring is 1. The van der Waals surface area contributed by atoms with Gasteiger partial charge in [-0.05, 0) is 37.0 Å². The van der Waals surface area contributed by atoms with Crippen LogP contribution in [0.3, 0.4) is 0 Å². The SMILES string of the molecule is N/N=C(/N)c1ccc(CNC(=O)Cn2c(-c3cccc(N)c3)c(Cl)nc(NC3CCC3)c2=O)cc1. The zero-order valence-corrected chi connectivity index (χ0v) is 19.8. The van der Waals surface area contributed by atoms with Gasteiger partial charge in [0, 0.05) is 29.4 Å². The zero-order chi connectivity index (χ0) is 24.9. The van der Waals surface area contributed by atoms with Gasteiger partial charge in [0.05, 0.1) is 5.69 Å². The highest BCUT2D eigenvalue weighted by Crippen LogP contribution is 2.29. The smallest absolute Gasteiger partial charge is 0.294 e. The van der Waals surface area contributed by atoms with E-state index in [1.165, 1.54) is 4.57 Å². The van der Waals surface area contributed by atoms with Crippen LogP contribution < -0.4 is 33.5 Å². The highest BCUT2D eigenvalue weighted by atomic mass is 35.5. The van der Waals surface area contributed by atoms with Crippen molar-refractivity contribution in [3.8, 4) is 11.3 Å². The maximum atomic E-state index is 13.4. The first kappa shape index (κ1) is 24.1. The van der Waals surface area contributed by atoms with Crippen LogP contribution in [0.25, 0.3) is 11.3 Å². The fraction of sp³-hybridized carbons (Fsp3) is 0.250. The summed E-state index contributed by atoms with van der Waals surface area (Å²) >= 11 is 6.53. The van der Waals surface area contributed by atoms with Gasteiger partial charge in [0.2, 0.25) is 5.91 Å². The number of benzene rings is 2. The second-order valence-electron chi connectivity index (χ2n) is 8.38. The molecule has 1 amide bonds. The quantitative estimate of drug-likeness (QED) is 0.105. The molecule has 0 saturated heterocycles. The van der Waals surface area contributed by atoms with Crippen molar-refractivity contribution in [1.29, 1.82) is 0 Å². The number of hydrazone groups is 1. The number of nitrogens with one attached hydrogen (secondary N) is 2. The number of carbonyl (C=O) groups is 1. The van der Waals surface area contributed by atoms with Gasteiger partial charge in [-0.3, -0.25) is 14.2 Å². The van der Waals surface area contributed by atoms with Crippen molar-refractivity contribution in [1.82, 2.24) is 14.9 Å². The van der Waals surface area contributed by atoms with Gasteiger partial charge in [-0.15, -0.1) is 0 Å². The third kappa shape index (κ3) is 5.55. The Labute approximate surface area is 207 Å². The average molecular weight is 495 g/mol. The monoisotopic (exact) mass is 494 g/mol. The third-order valence-corrected chi connectivity index (χ3v) is 6.17. The van der Waals surface area contributed by atoms with Crippen LogP contribution in [0.1, 0.15) is 30.4 Å². The fourth-order valence-electron chi connectivity index (χ4n) is 3.76. The first-order valence-corrected chi connectivity index (χ1v) is 11.6. The van der Waals surface area contributed by atoms with Crippen LogP contribution in [-0.2, 0) is 17.9 Å². The molecule has 1 aliphatic rings. The summed E-state index contributed by atoms with van der Waals surface area (Å²) in [6.07, 6.45) is 3.01. The Hall–Kier alpha value is -4.05. The third-order valence-electron chi connectivity index (χ3n) is 5.91. The van der Waals surface area contributed by atoms with Gasteiger partial charge in [-0.25, -0.2) is 4.98 Å². The van der Waals surface area contributed by atoms with Gasteiger partial charge in [-0.2, -0.15) is 5.10 Å². The van der Waals surface area contributed by atoms with Crippen molar-refractivity contribution in [2.45, 2.75) is 38.4 Å². The van der Waals surface area contributed by atoms with Gasteiger partial charge in [0.25, 0.3) is 5.56 Å². The molecule has 0 radical (unpaired) electrons. The Kier molecular flexibility index (Phi) is 7.21. The molecule has 0 unspecified atom stereocenters. The summed E-state index contributed by atoms with van der Waals surface area (Å²) in [5.41, 5.74) is 14.2. The van der Waals surface area contributed by atoms with Crippen LogP contribution in [0.4, 0.5) is 11.5 Å². The molecule has 1 heterocycles. The Morgan fingerprint density at radius 1 is 1.20 bits per heavy atom. The van der Waals surface area contributed by atoms with E-state index in [2.05, 4.69) is 20.7 Å². The number of nitrogens with zero attached hydrogens (tertiary/aromatic N) is 3. The van der Waals surface area contributed by atoms with E-state index >= 15 is 0 Å². The molecular formula is C24H27ClN8O2. The molecule has 0 spiro atoms. The number of aromatic nitrogens is 2. The standard InChI is InChI=1S/C24H27ClN8O2/c25-21-20(16-3-1-4-17(26)11-16)33(24(35)23(31-21)30-18-5-2-6-18)13-19(34)29-12-14-7-9-15(10-8-14)22(27)32-28/h1,3-4,7-11,18H,2,5-6,12-13,26,28H2,(H2,27,32)(H,29,34)(H,30,31). The lowest BCUT2D eigenvalue weighted by Crippen LogP contribution is -2.37. The molecule has 4 rings (SSSR count). The molecule has 1 fully saturated rings. The Morgan fingerprint density at radius 3 is 2.57 bits per heavy atom. The number of halogens is 1. The highest BCUT2D eigenvalue weighted by molar-refractivity contribution is 6.32. The van der Waals surface area contributed by atoms with E-state index in [0.717, 1.165) is 24.8 Å². The molecule has 3 aromatic rings. The van der Waals surface area contributed by atoms with Crippen molar-refractivity contribution in [2.24, 2.45) is 16.7 Å². The van der Waals surface area contributed by atoms with Crippen LogP contribution in [0, 0.1) is 0 Å². The highest BCUT2D eigenvalue weighted by Gasteiger charge is 2.23. The van der Waals surface area contributed by atoms with E-state index in [9.17, 15) is 9.59 Å². The van der Waals surface area contributed by atoms with Crippen molar-refractivity contribution in [2.75, 3.05) is 11.1 Å². The van der Waals surface area contributed by atoms with Crippen LogP contribution >= 0.6 is 11.6 Å². The molecule has 1 aliphatic carbocycles. The first-order valence-electron chi connectivity index (χ1n) is 11.2. The summed E-state index contributed by atoms with van der Waals surface area (Å²) in [6, 6.07) is 14.2. The lowest BCUT2D eigenvalue weighted by atomic mass is 9.93. The molecule has 8 N–H and O–H groups in total. The lowest BCUT2D eigenvalue weighted by molar-refractivity contribution is -0.121. The van der Waals surface area contributed by atoms with E-state index in [1.54, 1.807) is 36.4 Å². The van der Waals surface area contributed by atoms with E-state index in [-0.39, 0.29) is 41.8 Å². The van der Waals surface area contributed by atoms with Gasteiger partial charge in [0.1, 0.15) is 12.4 Å². The fourth-order valence-corrected chi connectivity index (χ4v) is 4.06. The molecule has 35 heavy (non-hydrogen) atoms. The molecule has 1 aromatic heterocycles.